The lowest BCUT2D eigenvalue weighted by Gasteiger charge is -2.11. The van der Waals surface area contributed by atoms with E-state index in [9.17, 15) is 22.0 Å². The molecule has 7 nitrogen and oxygen atoms in total. The molecule has 0 aliphatic carbocycles. The average molecular weight is 412 g/mol. The second-order valence-electron chi connectivity index (χ2n) is 5.98. The Labute approximate surface area is 160 Å². The number of nitrogens with one attached hydrogen (secondary N) is 2. The minimum absolute atomic E-state index is 0.0262. The summed E-state index contributed by atoms with van der Waals surface area (Å²) in [6.45, 7) is 0.705. The van der Waals surface area contributed by atoms with Crippen LogP contribution >= 0.6 is 0 Å². The minimum Gasteiger partial charge on any atom is -0.490 e. The number of fused-ring (bicyclic) bond motifs is 1. The molecule has 0 saturated carbocycles. The van der Waals surface area contributed by atoms with Crippen molar-refractivity contribution in [3.05, 3.63) is 48.0 Å². The van der Waals surface area contributed by atoms with Gasteiger partial charge in [-0.25, -0.2) is 21.9 Å². The van der Waals surface area contributed by atoms with Gasteiger partial charge < -0.3 is 14.8 Å². The van der Waals surface area contributed by atoms with Gasteiger partial charge in [-0.15, -0.1) is 0 Å². The normalized spacial score (nSPS) is 13.6. The molecule has 2 N–H and O–H groups in total. The van der Waals surface area contributed by atoms with Crippen LogP contribution < -0.4 is 19.5 Å². The fourth-order valence-electron chi connectivity index (χ4n) is 2.50. The van der Waals surface area contributed by atoms with Gasteiger partial charge in [-0.3, -0.25) is 4.79 Å². The lowest BCUT2D eigenvalue weighted by atomic mass is 10.3. The summed E-state index contributed by atoms with van der Waals surface area (Å²) in [7, 11) is -3.88. The maximum Gasteiger partial charge on any atom is 0.240 e. The standard InChI is InChI=1S/C18H18F2N2O5S/c19-12-2-4-15(14(20)10-12)22-18(23)6-7-21-28(24,25)13-3-5-16-17(11-13)27-9-1-8-26-16/h2-5,10-11,21H,1,6-9H2,(H,22,23). The van der Waals surface area contributed by atoms with Crippen molar-refractivity contribution in [1.82, 2.24) is 4.72 Å². The Morgan fingerprint density at radius 2 is 1.79 bits per heavy atom. The lowest BCUT2D eigenvalue weighted by molar-refractivity contribution is -0.116. The molecule has 0 bridgehead atoms. The molecule has 1 aliphatic rings. The molecule has 0 spiro atoms. The summed E-state index contributed by atoms with van der Waals surface area (Å²) >= 11 is 0. The van der Waals surface area contributed by atoms with Crippen LogP contribution in [0.5, 0.6) is 11.5 Å². The van der Waals surface area contributed by atoms with Gasteiger partial charge in [-0.05, 0) is 24.3 Å². The molecule has 0 fully saturated rings. The Kier molecular flexibility index (Phi) is 6.10. The van der Waals surface area contributed by atoms with Crippen molar-refractivity contribution in [3.63, 3.8) is 0 Å². The summed E-state index contributed by atoms with van der Waals surface area (Å²) in [5.74, 6) is -1.49. The Balaban J connectivity index is 1.57. The van der Waals surface area contributed by atoms with Gasteiger partial charge in [0.1, 0.15) is 11.6 Å². The van der Waals surface area contributed by atoms with Gasteiger partial charge >= 0.3 is 0 Å². The van der Waals surface area contributed by atoms with Gasteiger partial charge in [-0.2, -0.15) is 0 Å². The average Bonchev–Trinajstić information content (AvgIpc) is 2.88. The van der Waals surface area contributed by atoms with Gasteiger partial charge in [0.25, 0.3) is 0 Å². The van der Waals surface area contributed by atoms with E-state index in [4.69, 9.17) is 9.47 Å². The number of amides is 1. The molecule has 28 heavy (non-hydrogen) atoms. The zero-order valence-electron chi connectivity index (χ0n) is 14.7. The van der Waals surface area contributed by atoms with Gasteiger partial charge in [0.15, 0.2) is 11.5 Å². The minimum atomic E-state index is -3.88. The third kappa shape index (κ3) is 4.96. The maximum absolute atomic E-state index is 13.5. The summed E-state index contributed by atoms with van der Waals surface area (Å²) in [6.07, 6.45) is 0.458. The molecule has 0 saturated heterocycles. The largest absolute Gasteiger partial charge is 0.490 e. The van der Waals surface area contributed by atoms with E-state index in [0.717, 1.165) is 12.1 Å². The zero-order valence-corrected chi connectivity index (χ0v) is 15.5. The molecule has 0 atom stereocenters. The summed E-state index contributed by atoms with van der Waals surface area (Å²) in [6, 6.07) is 6.98. The number of carbonyl (C=O) groups is 1. The monoisotopic (exact) mass is 412 g/mol. The maximum atomic E-state index is 13.5. The molecule has 0 aromatic heterocycles. The van der Waals surface area contributed by atoms with Gasteiger partial charge in [-0.1, -0.05) is 0 Å². The third-order valence-corrected chi connectivity index (χ3v) is 5.34. The number of carbonyl (C=O) groups excluding carboxylic acids is 1. The molecule has 2 aromatic rings. The third-order valence-electron chi connectivity index (χ3n) is 3.88. The number of anilines is 1. The number of halogens is 2. The van der Waals surface area contributed by atoms with E-state index in [1.165, 1.54) is 18.2 Å². The molecular formula is C18H18F2N2O5S. The Morgan fingerprint density at radius 3 is 2.54 bits per heavy atom. The van der Waals surface area contributed by atoms with Crippen molar-refractivity contribution in [2.24, 2.45) is 0 Å². The van der Waals surface area contributed by atoms with E-state index < -0.39 is 27.6 Å². The second kappa shape index (κ2) is 8.53. The number of sulfonamides is 1. The van der Waals surface area contributed by atoms with Crippen LogP contribution in [-0.2, 0) is 14.8 Å². The first-order valence-electron chi connectivity index (χ1n) is 8.49. The van der Waals surface area contributed by atoms with Crippen molar-refractivity contribution in [1.29, 1.82) is 0 Å². The molecule has 1 amide bonds. The van der Waals surface area contributed by atoms with E-state index in [1.54, 1.807) is 0 Å². The zero-order chi connectivity index (χ0) is 20.1. The van der Waals surface area contributed by atoms with Crippen LogP contribution in [0.15, 0.2) is 41.3 Å². The molecule has 0 unspecified atom stereocenters. The highest BCUT2D eigenvalue weighted by molar-refractivity contribution is 7.89. The highest BCUT2D eigenvalue weighted by atomic mass is 32.2. The van der Waals surface area contributed by atoms with Crippen molar-refractivity contribution >= 4 is 21.6 Å². The SMILES string of the molecule is O=C(CCNS(=O)(=O)c1ccc2c(c1)OCCCO2)Nc1ccc(F)cc1F. The highest BCUT2D eigenvalue weighted by Crippen LogP contribution is 2.31. The number of rotatable bonds is 6. The summed E-state index contributed by atoms with van der Waals surface area (Å²) in [5, 5.41) is 2.26. The number of benzene rings is 2. The lowest BCUT2D eigenvalue weighted by Crippen LogP contribution is -2.28. The van der Waals surface area contributed by atoms with Crippen LogP contribution in [0.3, 0.4) is 0 Å². The molecule has 150 valence electrons. The van der Waals surface area contributed by atoms with Crippen LogP contribution in [0.4, 0.5) is 14.5 Å². The highest BCUT2D eigenvalue weighted by Gasteiger charge is 2.19. The van der Waals surface area contributed by atoms with Crippen LogP contribution in [0.1, 0.15) is 12.8 Å². The predicted octanol–water partition coefficient (Wildman–Crippen LogP) is 2.43. The molecule has 2 aromatic carbocycles. The van der Waals surface area contributed by atoms with Crippen LogP contribution in [0.2, 0.25) is 0 Å². The van der Waals surface area contributed by atoms with Crippen LogP contribution in [0.25, 0.3) is 0 Å². The number of ether oxygens (including phenoxy) is 2. The molecule has 10 heteroatoms. The van der Waals surface area contributed by atoms with E-state index in [-0.39, 0.29) is 23.5 Å². The fraction of sp³-hybridized carbons (Fsp3) is 0.278. The Hall–Kier alpha value is -2.72. The molecule has 3 rings (SSSR count). The van der Waals surface area contributed by atoms with Gasteiger partial charge in [0.2, 0.25) is 15.9 Å². The van der Waals surface area contributed by atoms with Crippen LogP contribution in [0, 0.1) is 11.6 Å². The first-order chi connectivity index (χ1) is 13.3. The Bertz CT molecular complexity index is 982. The quantitative estimate of drug-likeness (QED) is 0.760. The van der Waals surface area contributed by atoms with E-state index >= 15 is 0 Å². The first-order valence-corrected chi connectivity index (χ1v) is 9.98. The fourth-order valence-corrected chi connectivity index (χ4v) is 3.54. The van der Waals surface area contributed by atoms with Crippen molar-refractivity contribution in [3.8, 4) is 11.5 Å². The molecular weight excluding hydrogens is 394 g/mol. The predicted molar refractivity (Wildman–Crippen MR) is 96.8 cm³/mol. The van der Waals surface area contributed by atoms with E-state index in [2.05, 4.69) is 10.0 Å². The smallest absolute Gasteiger partial charge is 0.240 e. The molecule has 1 heterocycles. The summed E-state index contributed by atoms with van der Waals surface area (Å²) < 4.78 is 64.4. The van der Waals surface area contributed by atoms with E-state index in [1.807, 2.05) is 0 Å². The van der Waals surface area contributed by atoms with Crippen molar-refractivity contribution in [2.45, 2.75) is 17.7 Å². The number of hydrogen-bond donors (Lipinski definition) is 2. The molecule has 1 aliphatic heterocycles. The first kappa shape index (κ1) is 20.0. The van der Waals surface area contributed by atoms with Gasteiger partial charge in [0.05, 0.1) is 23.8 Å². The van der Waals surface area contributed by atoms with E-state index in [0.29, 0.717) is 37.2 Å². The second-order valence-corrected chi connectivity index (χ2v) is 7.75. The molecule has 0 radical (unpaired) electrons. The van der Waals surface area contributed by atoms with Gasteiger partial charge in [0, 0.05) is 31.5 Å². The summed E-state index contributed by atoms with van der Waals surface area (Å²) in [4.78, 5) is 11.8. The van der Waals surface area contributed by atoms with Crippen molar-refractivity contribution < 1.29 is 31.5 Å². The summed E-state index contributed by atoms with van der Waals surface area (Å²) in [5.41, 5.74) is -0.183. The number of hydrogen-bond acceptors (Lipinski definition) is 5. The Morgan fingerprint density at radius 1 is 1.04 bits per heavy atom. The topological polar surface area (TPSA) is 93.7 Å². The van der Waals surface area contributed by atoms with Crippen LogP contribution in [-0.4, -0.2) is 34.1 Å². The van der Waals surface area contributed by atoms with Crippen molar-refractivity contribution in [2.75, 3.05) is 25.1 Å².